The van der Waals surface area contributed by atoms with E-state index in [0.29, 0.717) is 13.1 Å². The number of aliphatic hydroxyl groups excluding tert-OH is 1. The van der Waals surface area contributed by atoms with E-state index in [1.807, 2.05) is 11.1 Å². The molecule has 1 aliphatic heterocycles. The number of aromatic nitrogens is 2. The summed E-state index contributed by atoms with van der Waals surface area (Å²) in [6.45, 7) is 2.13. The zero-order chi connectivity index (χ0) is 9.97. The quantitative estimate of drug-likeness (QED) is 0.746. The van der Waals surface area contributed by atoms with Gasteiger partial charge in [0.25, 0.3) is 0 Å². The smallest absolute Gasteiger partial charge is 0.122 e. The third-order valence-corrected chi connectivity index (χ3v) is 2.47. The summed E-state index contributed by atoms with van der Waals surface area (Å²) < 4.78 is 14.2. The van der Waals surface area contributed by atoms with Crippen LogP contribution in [0.3, 0.4) is 0 Å². The summed E-state index contributed by atoms with van der Waals surface area (Å²) in [6.07, 6.45) is 2.85. The Balaban J connectivity index is 1.94. The fourth-order valence-corrected chi connectivity index (χ4v) is 1.73. The SMILES string of the molecule is OC(CF)CN1CCn2ccnc2C1. The van der Waals surface area contributed by atoms with Crippen molar-refractivity contribution in [1.29, 1.82) is 0 Å². The molecule has 0 amide bonds. The average Bonchev–Trinajstić information content (AvgIpc) is 2.64. The Bertz CT molecular complexity index is 302. The lowest BCUT2D eigenvalue weighted by Crippen LogP contribution is -2.39. The van der Waals surface area contributed by atoms with E-state index >= 15 is 0 Å². The molecule has 0 aliphatic carbocycles. The van der Waals surface area contributed by atoms with Crippen LogP contribution in [0.5, 0.6) is 0 Å². The predicted molar refractivity (Wildman–Crippen MR) is 49.5 cm³/mol. The molecule has 2 rings (SSSR count). The van der Waals surface area contributed by atoms with Gasteiger partial charge in [-0.25, -0.2) is 9.37 Å². The normalized spacial score (nSPS) is 19.3. The fraction of sp³-hybridized carbons (Fsp3) is 0.667. The van der Waals surface area contributed by atoms with E-state index in [2.05, 4.69) is 9.55 Å². The van der Waals surface area contributed by atoms with Crippen LogP contribution in [0.15, 0.2) is 12.4 Å². The second kappa shape index (κ2) is 4.06. The largest absolute Gasteiger partial charge is 0.389 e. The molecule has 1 aromatic rings. The molecule has 5 heteroatoms. The number of aliphatic hydroxyl groups is 1. The summed E-state index contributed by atoms with van der Waals surface area (Å²) in [5.74, 6) is 0.988. The lowest BCUT2D eigenvalue weighted by atomic mass is 10.3. The number of hydrogen-bond donors (Lipinski definition) is 1. The molecule has 0 bridgehead atoms. The van der Waals surface area contributed by atoms with Crippen molar-refractivity contribution in [3.63, 3.8) is 0 Å². The molecule has 1 aromatic heterocycles. The molecule has 0 saturated carbocycles. The molecule has 0 spiro atoms. The van der Waals surface area contributed by atoms with Gasteiger partial charge in [0.05, 0.1) is 12.6 Å². The maximum Gasteiger partial charge on any atom is 0.122 e. The van der Waals surface area contributed by atoms with Crippen LogP contribution >= 0.6 is 0 Å². The molecule has 14 heavy (non-hydrogen) atoms. The Hall–Kier alpha value is -0.940. The van der Waals surface area contributed by atoms with Crippen LogP contribution < -0.4 is 0 Å². The Labute approximate surface area is 82.0 Å². The summed E-state index contributed by atoms with van der Waals surface area (Å²) in [7, 11) is 0. The average molecular weight is 199 g/mol. The number of rotatable bonds is 3. The second-order valence-electron chi connectivity index (χ2n) is 3.58. The highest BCUT2D eigenvalue weighted by molar-refractivity contribution is 4.95. The van der Waals surface area contributed by atoms with E-state index in [-0.39, 0.29) is 0 Å². The third-order valence-electron chi connectivity index (χ3n) is 2.47. The van der Waals surface area contributed by atoms with Crippen LogP contribution in [0.2, 0.25) is 0 Å². The van der Waals surface area contributed by atoms with Crippen molar-refractivity contribution in [2.45, 2.75) is 19.2 Å². The van der Waals surface area contributed by atoms with Crippen molar-refractivity contribution in [1.82, 2.24) is 14.5 Å². The highest BCUT2D eigenvalue weighted by atomic mass is 19.1. The number of halogens is 1. The lowest BCUT2D eigenvalue weighted by molar-refractivity contribution is 0.0769. The van der Waals surface area contributed by atoms with Crippen LogP contribution in [-0.4, -0.2) is 45.4 Å². The van der Waals surface area contributed by atoms with E-state index in [1.54, 1.807) is 6.20 Å². The van der Waals surface area contributed by atoms with Crippen molar-refractivity contribution >= 4 is 0 Å². The van der Waals surface area contributed by atoms with Crippen LogP contribution in [0.25, 0.3) is 0 Å². The summed E-state index contributed by atoms with van der Waals surface area (Å²) in [6, 6.07) is 0. The van der Waals surface area contributed by atoms with Gasteiger partial charge in [-0.1, -0.05) is 0 Å². The molecule has 1 aliphatic rings. The van der Waals surface area contributed by atoms with Crippen LogP contribution in [-0.2, 0) is 13.1 Å². The fourth-order valence-electron chi connectivity index (χ4n) is 1.73. The second-order valence-corrected chi connectivity index (χ2v) is 3.58. The zero-order valence-electron chi connectivity index (χ0n) is 7.93. The predicted octanol–water partition coefficient (Wildman–Crippen LogP) is 0.0291. The molecule has 0 aromatic carbocycles. The summed E-state index contributed by atoms with van der Waals surface area (Å²) in [5.41, 5.74) is 0. The molecule has 1 atom stereocenters. The molecule has 1 N–H and O–H groups in total. The monoisotopic (exact) mass is 199 g/mol. The van der Waals surface area contributed by atoms with E-state index in [0.717, 1.165) is 18.9 Å². The van der Waals surface area contributed by atoms with Crippen molar-refractivity contribution < 1.29 is 9.50 Å². The molecule has 0 saturated heterocycles. The summed E-state index contributed by atoms with van der Waals surface area (Å²) in [5, 5.41) is 9.16. The number of nitrogens with zero attached hydrogens (tertiary/aromatic N) is 3. The van der Waals surface area contributed by atoms with Crippen LogP contribution in [0.1, 0.15) is 5.82 Å². The summed E-state index contributed by atoms with van der Waals surface area (Å²) in [4.78, 5) is 6.21. The van der Waals surface area contributed by atoms with Gasteiger partial charge < -0.3 is 9.67 Å². The maximum absolute atomic E-state index is 12.1. The Morgan fingerprint density at radius 1 is 1.57 bits per heavy atom. The van der Waals surface area contributed by atoms with Gasteiger partial charge in [0, 0.05) is 32.0 Å². The number of β-amino-alcohol motifs (C(OH)–C–C–N with tert-alkyl or cyclic N) is 1. The molecule has 78 valence electrons. The van der Waals surface area contributed by atoms with Crippen molar-refractivity contribution in [2.75, 3.05) is 19.8 Å². The first kappa shape index (κ1) is 9.61. The first-order chi connectivity index (χ1) is 6.79. The third kappa shape index (κ3) is 1.93. The van der Waals surface area contributed by atoms with E-state index in [1.165, 1.54) is 0 Å². The van der Waals surface area contributed by atoms with Gasteiger partial charge in [-0.2, -0.15) is 0 Å². The lowest BCUT2D eigenvalue weighted by Gasteiger charge is -2.28. The highest BCUT2D eigenvalue weighted by Gasteiger charge is 2.18. The van der Waals surface area contributed by atoms with Crippen molar-refractivity contribution in [2.24, 2.45) is 0 Å². The Morgan fingerprint density at radius 3 is 3.21 bits per heavy atom. The number of imidazole rings is 1. The number of fused-ring (bicyclic) bond motifs is 1. The van der Waals surface area contributed by atoms with E-state index < -0.39 is 12.8 Å². The minimum atomic E-state index is -0.864. The minimum absolute atomic E-state index is 0.392. The zero-order valence-corrected chi connectivity index (χ0v) is 7.93. The van der Waals surface area contributed by atoms with Gasteiger partial charge >= 0.3 is 0 Å². The molecular formula is C9H14FN3O. The standard InChI is InChI=1S/C9H14FN3O/c10-5-8(14)6-12-3-4-13-2-1-11-9(13)7-12/h1-2,8,14H,3-7H2. The number of alkyl halides is 1. The molecule has 4 nitrogen and oxygen atoms in total. The minimum Gasteiger partial charge on any atom is -0.389 e. The Morgan fingerprint density at radius 2 is 2.43 bits per heavy atom. The van der Waals surface area contributed by atoms with Gasteiger partial charge in [0.1, 0.15) is 12.5 Å². The molecule has 2 heterocycles. The topological polar surface area (TPSA) is 41.3 Å². The number of hydrogen-bond acceptors (Lipinski definition) is 3. The molecule has 1 unspecified atom stereocenters. The highest BCUT2D eigenvalue weighted by Crippen LogP contribution is 2.10. The van der Waals surface area contributed by atoms with Crippen LogP contribution in [0.4, 0.5) is 4.39 Å². The molecular weight excluding hydrogens is 185 g/mol. The van der Waals surface area contributed by atoms with Gasteiger partial charge in [-0.3, -0.25) is 4.90 Å². The Kier molecular flexibility index (Phi) is 2.79. The van der Waals surface area contributed by atoms with Crippen LogP contribution in [0, 0.1) is 0 Å². The first-order valence-electron chi connectivity index (χ1n) is 4.76. The van der Waals surface area contributed by atoms with E-state index in [4.69, 9.17) is 5.11 Å². The first-order valence-corrected chi connectivity index (χ1v) is 4.76. The van der Waals surface area contributed by atoms with Gasteiger partial charge in [-0.05, 0) is 0 Å². The van der Waals surface area contributed by atoms with Crippen molar-refractivity contribution in [3.05, 3.63) is 18.2 Å². The van der Waals surface area contributed by atoms with E-state index in [9.17, 15) is 4.39 Å². The van der Waals surface area contributed by atoms with Gasteiger partial charge in [0.2, 0.25) is 0 Å². The molecule has 0 radical (unpaired) electrons. The van der Waals surface area contributed by atoms with Gasteiger partial charge in [0.15, 0.2) is 0 Å². The maximum atomic E-state index is 12.1. The van der Waals surface area contributed by atoms with Gasteiger partial charge in [-0.15, -0.1) is 0 Å². The molecule has 0 fully saturated rings. The summed E-state index contributed by atoms with van der Waals surface area (Å²) >= 11 is 0. The van der Waals surface area contributed by atoms with Crippen molar-refractivity contribution in [3.8, 4) is 0 Å².